The Bertz CT molecular complexity index is 416. The van der Waals surface area contributed by atoms with Crippen molar-refractivity contribution in [1.82, 2.24) is 4.31 Å². The molecule has 0 saturated carbocycles. The number of hydrogen-bond donors (Lipinski definition) is 0. The zero-order valence-electron chi connectivity index (χ0n) is 11.4. The Morgan fingerprint density at radius 3 is 3.00 bits per heavy atom. The lowest BCUT2D eigenvalue weighted by Crippen LogP contribution is -2.30. The molecule has 1 aromatic carbocycles. The third-order valence-corrected chi connectivity index (χ3v) is 4.48. The van der Waals surface area contributed by atoms with E-state index < -0.39 is 0 Å². The van der Waals surface area contributed by atoms with Gasteiger partial charge in [0.25, 0.3) is 0 Å². The van der Waals surface area contributed by atoms with Crippen molar-refractivity contribution in [1.29, 1.82) is 0 Å². The van der Waals surface area contributed by atoms with Gasteiger partial charge in [-0.2, -0.15) is 0 Å². The zero-order valence-corrected chi connectivity index (χ0v) is 13.0. The van der Waals surface area contributed by atoms with Crippen molar-refractivity contribution in [2.24, 2.45) is 0 Å². The number of alkyl halides is 1. The molecule has 1 atom stereocenters. The van der Waals surface area contributed by atoms with Gasteiger partial charge in [0.2, 0.25) is 0 Å². The fourth-order valence-corrected chi connectivity index (χ4v) is 3.56. The molecule has 5 heteroatoms. The topological polar surface area (TPSA) is 21.7 Å². The molecule has 0 bridgehead atoms. The molecule has 0 amide bonds. The minimum Gasteiger partial charge on any atom is -0.496 e. The third kappa shape index (κ3) is 3.57. The summed E-state index contributed by atoms with van der Waals surface area (Å²) in [7, 11) is 1.71. The van der Waals surface area contributed by atoms with E-state index in [1.54, 1.807) is 19.1 Å². The molecule has 1 aliphatic rings. The molecule has 19 heavy (non-hydrogen) atoms. The fourth-order valence-electron chi connectivity index (χ4n) is 2.26. The predicted octanol–water partition coefficient (Wildman–Crippen LogP) is 3.72. The molecular weight excluding hydrogens is 282 g/mol. The largest absolute Gasteiger partial charge is 0.496 e. The highest BCUT2D eigenvalue weighted by Gasteiger charge is 2.29. The van der Waals surface area contributed by atoms with Gasteiger partial charge in [0, 0.05) is 36.0 Å². The van der Waals surface area contributed by atoms with Crippen LogP contribution in [0.5, 0.6) is 5.75 Å². The van der Waals surface area contributed by atoms with E-state index in [1.807, 2.05) is 19.1 Å². The second kappa shape index (κ2) is 7.39. The monoisotopic (exact) mass is 301 g/mol. The number of benzene rings is 1. The van der Waals surface area contributed by atoms with Crippen LogP contribution in [0.1, 0.15) is 25.0 Å². The van der Waals surface area contributed by atoms with E-state index in [4.69, 9.17) is 21.1 Å². The average Bonchev–Trinajstić information content (AvgIpc) is 2.44. The van der Waals surface area contributed by atoms with E-state index in [-0.39, 0.29) is 6.10 Å². The van der Waals surface area contributed by atoms with Crippen LogP contribution in [-0.2, 0) is 4.74 Å². The van der Waals surface area contributed by atoms with Crippen molar-refractivity contribution < 1.29 is 9.47 Å². The van der Waals surface area contributed by atoms with E-state index in [2.05, 4.69) is 10.4 Å². The van der Waals surface area contributed by atoms with Gasteiger partial charge in [-0.1, -0.05) is 6.07 Å². The van der Waals surface area contributed by atoms with Crippen LogP contribution in [0.25, 0.3) is 0 Å². The van der Waals surface area contributed by atoms with Gasteiger partial charge in [0.1, 0.15) is 11.9 Å². The van der Waals surface area contributed by atoms with Gasteiger partial charge in [-0.15, -0.1) is 11.6 Å². The third-order valence-electron chi connectivity index (χ3n) is 3.07. The molecule has 1 aliphatic heterocycles. The van der Waals surface area contributed by atoms with Crippen LogP contribution >= 0.6 is 23.5 Å². The normalized spacial score (nSPS) is 19.2. The first-order valence-electron chi connectivity index (χ1n) is 6.57. The smallest absolute Gasteiger partial charge is 0.125 e. The predicted molar refractivity (Wildman–Crippen MR) is 80.1 cm³/mol. The number of halogens is 1. The number of nitrogens with zero attached hydrogens (tertiary/aromatic N) is 1. The van der Waals surface area contributed by atoms with Crippen LogP contribution in [0.4, 0.5) is 0 Å². The molecule has 0 fully saturated rings. The van der Waals surface area contributed by atoms with Gasteiger partial charge in [-0.3, -0.25) is 0 Å². The van der Waals surface area contributed by atoms with Crippen molar-refractivity contribution >= 4 is 23.5 Å². The fraction of sp³-hybridized carbons (Fsp3) is 0.571. The molecule has 2 rings (SSSR count). The van der Waals surface area contributed by atoms with E-state index in [9.17, 15) is 0 Å². The maximum absolute atomic E-state index is 5.89. The molecule has 0 radical (unpaired) electrons. The first kappa shape index (κ1) is 15.0. The molecule has 1 heterocycles. The van der Waals surface area contributed by atoms with Gasteiger partial charge in [-0.25, -0.2) is 4.31 Å². The Kier molecular flexibility index (Phi) is 5.82. The van der Waals surface area contributed by atoms with Crippen LogP contribution in [0, 0.1) is 0 Å². The average molecular weight is 302 g/mol. The molecule has 0 aliphatic carbocycles. The van der Waals surface area contributed by atoms with Gasteiger partial charge in [0.05, 0.1) is 7.11 Å². The number of ether oxygens (including phenoxy) is 2. The van der Waals surface area contributed by atoms with E-state index >= 15 is 0 Å². The first-order chi connectivity index (χ1) is 9.30. The van der Waals surface area contributed by atoms with Crippen LogP contribution in [-0.4, -0.2) is 37.0 Å². The number of methoxy groups -OCH3 is 1. The number of fused-ring (bicyclic) bond motifs is 1. The summed E-state index contributed by atoms with van der Waals surface area (Å²) in [5, 5.41) is 0. The van der Waals surface area contributed by atoms with Crippen molar-refractivity contribution in [2.45, 2.75) is 24.3 Å². The SMILES string of the molecule is CCOC1CN(CCCCl)Sc2cccc(OC)c21. The molecule has 106 valence electrons. The van der Waals surface area contributed by atoms with Gasteiger partial charge < -0.3 is 9.47 Å². The molecule has 0 N–H and O–H groups in total. The summed E-state index contributed by atoms with van der Waals surface area (Å²) in [6, 6.07) is 6.15. The van der Waals surface area contributed by atoms with Crippen molar-refractivity contribution in [2.75, 3.05) is 32.7 Å². The van der Waals surface area contributed by atoms with E-state index in [0.29, 0.717) is 12.5 Å². The molecule has 1 aromatic rings. The molecular formula is C14H20ClNO2S. The summed E-state index contributed by atoms with van der Waals surface area (Å²) in [4.78, 5) is 1.22. The Balaban J connectivity index is 2.24. The maximum atomic E-state index is 5.89. The van der Waals surface area contributed by atoms with Crippen molar-refractivity contribution in [3.63, 3.8) is 0 Å². The summed E-state index contributed by atoms with van der Waals surface area (Å²) in [5.41, 5.74) is 1.18. The van der Waals surface area contributed by atoms with Gasteiger partial charge in [-0.05, 0) is 37.4 Å². The summed E-state index contributed by atoms with van der Waals surface area (Å²) in [5.74, 6) is 1.61. The van der Waals surface area contributed by atoms with Gasteiger partial charge in [0.15, 0.2) is 0 Å². The quantitative estimate of drug-likeness (QED) is 0.589. The second-order valence-corrected chi connectivity index (χ2v) is 5.85. The molecule has 1 unspecified atom stereocenters. The van der Waals surface area contributed by atoms with Crippen molar-refractivity contribution in [3.05, 3.63) is 23.8 Å². The number of hydrogen-bond acceptors (Lipinski definition) is 4. The van der Waals surface area contributed by atoms with Crippen LogP contribution in [0.2, 0.25) is 0 Å². The summed E-state index contributed by atoms with van der Waals surface area (Å²) in [6.45, 7) is 4.59. The minimum absolute atomic E-state index is 0.0766. The van der Waals surface area contributed by atoms with Crippen molar-refractivity contribution in [3.8, 4) is 5.75 Å². The summed E-state index contributed by atoms with van der Waals surface area (Å²) < 4.78 is 13.7. The second-order valence-electron chi connectivity index (χ2n) is 4.34. The summed E-state index contributed by atoms with van der Waals surface area (Å²) in [6.07, 6.45) is 1.07. The Hall–Kier alpha value is -0.420. The highest BCUT2D eigenvalue weighted by molar-refractivity contribution is 7.97. The molecule has 0 spiro atoms. The van der Waals surface area contributed by atoms with Crippen LogP contribution < -0.4 is 4.74 Å². The van der Waals surface area contributed by atoms with Crippen LogP contribution in [0.3, 0.4) is 0 Å². The standard InChI is InChI=1S/C14H20ClNO2S/c1-3-18-12-10-16(9-5-8-15)19-13-7-4-6-11(17-2)14(12)13/h4,6-7,12H,3,5,8-10H2,1-2H3. The van der Waals surface area contributed by atoms with Gasteiger partial charge >= 0.3 is 0 Å². The first-order valence-corrected chi connectivity index (χ1v) is 7.88. The number of rotatable bonds is 6. The minimum atomic E-state index is 0.0766. The Morgan fingerprint density at radius 2 is 2.32 bits per heavy atom. The molecule has 3 nitrogen and oxygen atoms in total. The van der Waals surface area contributed by atoms with E-state index in [1.165, 1.54) is 10.5 Å². The molecule has 0 saturated heterocycles. The highest BCUT2D eigenvalue weighted by Crippen LogP contribution is 2.43. The Labute approximate surface area is 124 Å². The lowest BCUT2D eigenvalue weighted by Gasteiger charge is -2.34. The molecule has 0 aromatic heterocycles. The lowest BCUT2D eigenvalue weighted by molar-refractivity contribution is 0.0439. The lowest BCUT2D eigenvalue weighted by atomic mass is 10.1. The zero-order chi connectivity index (χ0) is 13.7. The maximum Gasteiger partial charge on any atom is 0.125 e. The highest BCUT2D eigenvalue weighted by atomic mass is 35.5. The Morgan fingerprint density at radius 1 is 1.47 bits per heavy atom. The summed E-state index contributed by atoms with van der Waals surface area (Å²) >= 11 is 7.55. The van der Waals surface area contributed by atoms with Crippen LogP contribution in [0.15, 0.2) is 23.1 Å². The van der Waals surface area contributed by atoms with E-state index in [0.717, 1.165) is 25.3 Å².